The minimum absolute atomic E-state index is 0.0752. The third kappa shape index (κ3) is 4.95. The Morgan fingerprint density at radius 3 is 2.75 bits per heavy atom. The Morgan fingerprint density at radius 2 is 1.93 bits per heavy atom. The van der Waals surface area contributed by atoms with Crippen LogP contribution in [-0.2, 0) is 17.0 Å². The summed E-state index contributed by atoms with van der Waals surface area (Å²) in [5.74, 6) is 0.738. The SMILES string of the molecule is O=C(CSCc1nc2ccccc2s1)Nc1ncc(Cc2ccc(F)cc2)s1. The predicted molar refractivity (Wildman–Crippen MR) is 116 cm³/mol. The molecule has 0 saturated carbocycles. The molecule has 28 heavy (non-hydrogen) atoms. The molecule has 0 aliphatic heterocycles. The molecule has 0 aliphatic rings. The summed E-state index contributed by atoms with van der Waals surface area (Å²) in [7, 11) is 0. The number of fused-ring (bicyclic) bond motifs is 1. The molecule has 0 radical (unpaired) electrons. The number of carbonyl (C=O) groups excluding carboxylic acids is 1. The maximum atomic E-state index is 13.0. The average Bonchev–Trinajstić information content (AvgIpc) is 3.29. The van der Waals surface area contributed by atoms with Crippen LogP contribution in [0.2, 0.25) is 0 Å². The van der Waals surface area contributed by atoms with Crippen LogP contribution in [0.3, 0.4) is 0 Å². The monoisotopic (exact) mass is 429 g/mol. The van der Waals surface area contributed by atoms with Gasteiger partial charge in [0.2, 0.25) is 5.91 Å². The molecule has 0 atom stereocenters. The summed E-state index contributed by atoms with van der Waals surface area (Å²) in [6.07, 6.45) is 2.41. The summed E-state index contributed by atoms with van der Waals surface area (Å²) in [6, 6.07) is 14.4. The molecule has 142 valence electrons. The number of carbonyl (C=O) groups is 1. The Morgan fingerprint density at radius 1 is 1.11 bits per heavy atom. The molecule has 2 heterocycles. The van der Waals surface area contributed by atoms with E-state index in [0.717, 1.165) is 21.0 Å². The van der Waals surface area contributed by atoms with Crippen LogP contribution in [-0.4, -0.2) is 21.6 Å². The zero-order valence-electron chi connectivity index (χ0n) is 14.7. The van der Waals surface area contributed by atoms with Crippen molar-refractivity contribution in [3.63, 3.8) is 0 Å². The van der Waals surface area contributed by atoms with Crippen molar-refractivity contribution in [3.8, 4) is 0 Å². The highest BCUT2D eigenvalue weighted by molar-refractivity contribution is 7.99. The minimum Gasteiger partial charge on any atom is -0.301 e. The van der Waals surface area contributed by atoms with Gasteiger partial charge in [0.1, 0.15) is 10.8 Å². The summed E-state index contributed by atoms with van der Waals surface area (Å²) in [5.41, 5.74) is 2.01. The highest BCUT2D eigenvalue weighted by atomic mass is 32.2. The van der Waals surface area contributed by atoms with E-state index in [1.165, 1.54) is 39.9 Å². The number of nitrogens with zero attached hydrogens (tertiary/aromatic N) is 2. The van der Waals surface area contributed by atoms with Gasteiger partial charge >= 0.3 is 0 Å². The maximum absolute atomic E-state index is 13.0. The summed E-state index contributed by atoms with van der Waals surface area (Å²) in [5, 5.41) is 4.45. The molecule has 1 N–H and O–H groups in total. The van der Waals surface area contributed by atoms with Crippen molar-refractivity contribution in [1.29, 1.82) is 0 Å². The Bertz CT molecular complexity index is 1060. The number of thiazole rings is 2. The van der Waals surface area contributed by atoms with Crippen molar-refractivity contribution < 1.29 is 9.18 Å². The van der Waals surface area contributed by atoms with Crippen molar-refractivity contribution in [1.82, 2.24) is 9.97 Å². The number of anilines is 1. The Hall–Kier alpha value is -2.29. The van der Waals surface area contributed by atoms with Gasteiger partial charge in [-0.3, -0.25) is 4.79 Å². The van der Waals surface area contributed by atoms with Crippen molar-refractivity contribution in [3.05, 3.63) is 76.0 Å². The van der Waals surface area contributed by atoms with Gasteiger partial charge in [-0.1, -0.05) is 24.3 Å². The number of rotatable bonds is 7. The average molecular weight is 430 g/mol. The van der Waals surface area contributed by atoms with Gasteiger partial charge in [0.05, 0.1) is 16.0 Å². The number of benzene rings is 2. The lowest BCUT2D eigenvalue weighted by Gasteiger charge is -2.00. The number of para-hydroxylation sites is 1. The maximum Gasteiger partial charge on any atom is 0.236 e. The second-order valence-corrected chi connectivity index (χ2v) is 9.27. The first-order chi connectivity index (χ1) is 13.7. The van der Waals surface area contributed by atoms with E-state index in [2.05, 4.69) is 21.4 Å². The number of aromatic nitrogens is 2. The molecule has 4 nitrogen and oxygen atoms in total. The van der Waals surface area contributed by atoms with Crippen LogP contribution in [0.5, 0.6) is 0 Å². The first-order valence-electron chi connectivity index (χ1n) is 8.57. The van der Waals surface area contributed by atoms with Crippen molar-refractivity contribution in [2.75, 3.05) is 11.1 Å². The van der Waals surface area contributed by atoms with Gasteiger partial charge < -0.3 is 5.32 Å². The standard InChI is InChI=1S/C20H16FN3OS3/c21-14-7-5-13(6-8-14)9-15-10-22-20(27-15)24-18(25)11-26-12-19-23-16-3-1-2-4-17(16)28-19/h1-8,10H,9,11-12H2,(H,22,24,25). The van der Waals surface area contributed by atoms with E-state index in [1.54, 1.807) is 29.7 Å². The van der Waals surface area contributed by atoms with E-state index in [4.69, 9.17) is 0 Å². The third-order valence-electron chi connectivity index (χ3n) is 3.89. The molecule has 0 fully saturated rings. The molecule has 0 bridgehead atoms. The highest BCUT2D eigenvalue weighted by Gasteiger charge is 2.09. The van der Waals surface area contributed by atoms with Gasteiger partial charge in [-0.25, -0.2) is 14.4 Å². The fraction of sp³-hybridized carbons (Fsp3) is 0.150. The molecule has 0 aliphatic carbocycles. The first kappa shape index (κ1) is 19.0. The molecule has 0 unspecified atom stereocenters. The molecule has 4 rings (SSSR count). The third-order valence-corrected chi connectivity index (χ3v) is 6.96. The quantitative estimate of drug-likeness (QED) is 0.430. The number of halogens is 1. The van der Waals surface area contributed by atoms with Gasteiger partial charge in [0.25, 0.3) is 0 Å². The van der Waals surface area contributed by atoms with Gasteiger partial charge in [-0.2, -0.15) is 0 Å². The summed E-state index contributed by atoms with van der Waals surface area (Å²) in [6.45, 7) is 0. The van der Waals surface area contributed by atoms with Crippen LogP contribution >= 0.6 is 34.4 Å². The smallest absolute Gasteiger partial charge is 0.236 e. The number of amides is 1. The zero-order valence-corrected chi connectivity index (χ0v) is 17.2. The fourth-order valence-corrected chi connectivity index (χ4v) is 5.33. The predicted octanol–water partition coefficient (Wildman–Crippen LogP) is 5.35. The van der Waals surface area contributed by atoms with Gasteiger partial charge in [0, 0.05) is 23.2 Å². The second-order valence-electron chi connectivity index (χ2n) is 6.05. The number of nitrogens with one attached hydrogen (secondary N) is 1. The van der Waals surface area contributed by atoms with E-state index in [0.29, 0.717) is 23.1 Å². The lowest BCUT2D eigenvalue weighted by molar-refractivity contribution is -0.113. The second kappa shape index (κ2) is 8.81. The van der Waals surface area contributed by atoms with E-state index in [1.807, 2.05) is 18.2 Å². The Labute approximate surface area is 173 Å². The fourth-order valence-electron chi connectivity index (χ4n) is 2.62. The summed E-state index contributed by atoms with van der Waals surface area (Å²) >= 11 is 4.63. The molecule has 0 saturated heterocycles. The van der Waals surface area contributed by atoms with E-state index >= 15 is 0 Å². The molecule has 1 amide bonds. The summed E-state index contributed by atoms with van der Waals surface area (Å²) in [4.78, 5) is 22.0. The first-order valence-corrected chi connectivity index (χ1v) is 11.4. The number of hydrogen-bond donors (Lipinski definition) is 1. The molecule has 8 heteroatoms. The molecular formula is C20H16FN3OS3. The van der Waals surface area contributed by atoms with Crippen LogP contribution in [0.1, 0.15) is 15.4 Å². The van der Waals surface area contributed by atoms with Crippen molar-refractivity contribution in [2.24, 2.45) is 0 Å². The lowest BCUT2D eigenvalue weighted by atomic mass is 10.1. The number of thioether (sulfide) groups is 1. The lowest BCUT2D eigenvalue weighted by Crippen LogP contribution is -2.13. The van der Waals surface area contributed by atoms with Crippen molar-refractivity contribution >= 4 is 55.7 Å². The van der Waals surface area contributed by atoms with Crippen LogP contribution in [0, 0.1) is 5.82 Å². The summed E-state index contributed by atoms with van der Waals surface area (Å²) < 4.78 is 14.1. The van der Waals surface area contributed by atoms with Crippen molar-refractivity contribution in [2.45, 2.75) is 12.2 Å². The Balaban J connectivity index is 1.25. The van der Waals surface area contributed by atoms with Gasteiger partial charge in [-0.15, -0.1) is 34.4 Å². The largest absolute Gasteiger partial charge is 0.301 e. The van der Waals surface area contributed by atoms with E-state index in [-0.39, 0.29) is 11.7 Å². The van der Waals surface area contributed by atoms with Gasteiger partial charge in [0.15, 0.2) is 5.13 Å². The van der Waals surface area contributed by atoms with Crippen LogP contribution in [0.4, 0.5) is 9.52 Å². The van der Waals surface area contributed by atoms with E-state index < -0.39 is 0 Å². The molecule has 2 aromatic carbocycles. The van der Waals surface area contributed by atoms with E-state index in [9.17, 15) is 9.18 Å². The number of hydrogen-bond acceptors (Lipinski definition) is 6. The zero-order chi connectivity index (χ0) is 19.3. The molecule has 0 spiro atoms. The molecular weight excluding hydrogens is 413 g/mol. The topological polar surface area (TPSA) is 54.9 Å². The van der Waals surface area contributed by atoms with Crippen LogP contribution < -0.4 is 5.32 Å². The highest BCUT2D eigenvalue weighted by Crippen LogP contribution is 2.25. The minimum atomic E-state index is -0.246. The molecule has 2 aromatic heterocycles. The normalized spacial score (nSPS) is 11.0. The van der Waals surface area contributed by atoms with Crippen LogP contribution in [0.25, 0.3) is 10.2 Å². The van der Waals surface area contributed by atoms with Gasteiger partial charge in [-0.05, 0) is 29.8 Å². The van der Waals surface area contributed by atoms with Crippen LogP contribution in [0.15, 0.2) is 54.7 Å². The Kier molecular flexibility index (Phi) is 5.99. The molecule has 4 aromatic rings.